The van der Waals surface area contributed by atoms with E-state index in [1.54, 1.807) is 6.26 Å². The second-order valence-corrected chi connectivity index (χ2v) is 5.81. The molecule has 0 radical (unpaired) electrons. The minimum atomic E-state index is -0.563. The summed E-state index contributed by atoms with van der Waals surface area (Å²) in [7, 11) is 0. The van der Waals surface area contributed by atoms with E-state index < -0.39 is 6.10 Å². The lowest BCUT2D eigenvalue weighted by Gasteiger charge is -2.43. The van der Waals surface area contributed by atoms with E-state index in [4.69, 9.17) is 10.2 Å². The van der Waals surface area contributed by atoms with E-state index >= 15 is 0 Å². The number of nitrogens with two attached hydrogens (primary N) is 1. The Labute approximate surface area is 109 Å². The van der Waals surface area contributed by atoms with Crippen molar-refractivity contribution in [1.29, 1.82) is 0 Å². The van der Waals surface area contributed by atoms with Crippen molar-refractivity contribution in [3.05, 3.63) is 23.7 Å². The summed E-state index contributed by atoms with van der Waals surface area (Å²) < 4.78 is 5.47. The van der Waals surface area contributed by atoms with Gasteiger partial charge in [-0.05, 0) is 37.3 Å². The number of rotatable bonds is 4. The highest BCUT2D eigenvalue weighted by Gasteiger charge is 2.43. The zero-order valence-corrected chi connectivity index (χ0v) is 11.5. The average Bonchev–Trinajstić information content (AvgIpc) is 2.84. The number of aryl methyl sites for hydroxylation is 1. The summed E-state index contributed by atoms with van der Waals surface area (Å²) in [6.45, 7) is 4.74. The molecule has 0 saturated heterocycles. The Balaban J connectivity index is 2.24. The van der Waals surface area contributed by atoms with Crippen LogP contribution >= 0.6 is 0 Å². The Morgan fingerprint density at radius 3 is 2.94 bits per heavy atom. The molecule has 3 N–H and O–H groups in total. The fraction of sp³-hybridized carbons (Fsp3) is 0.733. The Bertz CT molecular complexity index is 388. The van der Waals surface area contributed by atoms with E-state index in [2.05, 4.69) is 6.92 Å². The molecular weight excluding hydrogens is 226 g/mol. The van der Waals surface area contributed by atoms with Crippen molar-refractivity contribution in [1.82, 2.24) is 0 Å². The van der Waals surface area contributed by atoms with Crippen LogP contribution in [0.2, 0.25) is 0 Å². The van der Waals surface area contributed by atoms with Gasteiger partial charge in [-0.25, -0.2) is 0 Å². The van der Waals surface area contributed by atoms with E-state index in [0.29, 0.717) is 18.2 Å². The van der Waals surface area contributed by atoms with Crippen molar-refractivity contribution in [3.63, 3.8) is 0 Å². The van der Waals surface area contributed by atoms with Gasteiger partial charge < -0.3 is 15.3 Å². The fourth-order valence-corrected chi connectivity index (χ4v) is 3.36. The van der Waals surface area contributed by atoms with Gasteiger partial charge in [0.25, 0.3) is 0 Å². The van der Waals surface area contributed by atoms with Gasteiger partial charge >= 0.3 is 0 Å². The molecule has 2 rings (SSSR count). The lowest BCUT2D eigenvalue weighted by atomic mass is 9.65. The SMILES string of the molecule is CCC1CCCC(CN)(C(O)c2occc2C)C1. The molecule has 1 aliphatic carbocycles. The summed E-state index contributed by atoms with van der Waals surface area (Å²) in [5, 5.41) is 10.7. The summed E-state index contributed by atoms with van der Waals surface area (Å²) in [4.78, 5) is 0. The van der Waals surface area contributed by atoms with E-state index in [1.807, 2.05) is 13.0 Å². The first kappa shape index (κ1) is 13.6. The highest BCUT2D eigenvalue weighted by Crippen LogP contribution is 2.48. The normalized spacial score (nSPS) is 30.3. The molecule has 0 amide bonds. The van der Waals surface area contributed by atoms with Crippen LogP contribution in [0.4, 0.5) is 0 Å². The van der Waals surface area contributed by atoms with Crippen molar-refractivity contribution in [2.24, 2.45) is 17.1 Å². The molecule has 102 valence electrons. The third-order valence-electron chi connectivity index (χ3n) is 4.70. The van der Waals surface area contributed by atoms with Gasteiger partial charge in [-0.1, -0.05) is 26.2 Å². The Hall–Kier alpha value is -0.800. The van der Waals surface area contributed by atoms with Crippen LogP contribution < -0.4 is 5.73 Å². The monoisotopic (exact) mass is 251 g/mol. The molecule has 0 bridgehead atoms. The van der Waals surface area contributed by atoms with Gasteiger partial charge in [0.1, 0.15) is 11.9 Å². The number of furan rings is 1. The molecule has 0 aromatic carbocycles. The van der Waals surface area contributed by atoms with Crippen LogP contribution in [0.5, 0.6) is 0 Å². The van der Waals surface area contributed by atoms with Crippen LogP contribution in [0, 0.1) is 18.3 Å². The number of hydrogen-bond acceptors (Lipinski definition) is 3. The number of hydrogen-bond donors (Lipinski definition) is 2. The minimum Gasteiger partial charge on any atom is -0.466 e. The first-order valence-electron chi connectivity index (χ1n) is 7.05. The third kappa shape index (κ3) is 2.34. The molecule has 1 aromatic rings. The van der Waals surface area contributed by atoms with Crippen molar-refractivity contribution in [2.75, 3.05) is 6.54 Å². The van der Waals surface area contributed by atoms with Crippen LogP contribution in [0.15, 0.2) is 16.7 Å². The van der Waals surface area contributed by atoms with Crippen molar-refractivity contribution >= 4 is 0 Å². The molecule has 3 nitrogen and oxygen atoms in total. The van der Waals surface area contributed by atoms with E-state index in [0.717, 1.165) is 24.8 Å². The molecule has 3 unspecified atom stereocenters. The zero-order chi connectivity index (χ0) is 13.2. The van der Waals surface area contributed by atoms with Gasteiger partial charge in [-0.2, -0.15) is 0 Å². The lowest BCUT2D eigenvalue weighted by Crippen LogP contribution is -2.41. The van der Waals surface area contributed by atoms with Gasteiger partial charge in [-0.3, -0.25) is 0 Å². The predicted molar refractivity (Wildman–Crippen MR) is 72.1 cm³/mol. The number of aliphatic hydroxyl groups is 1. The van der Waals surface area contributed by atoms with Crippen molar-refractivity contribution in [2.45, 2.75) is 52.1 Å². The first-order valence-corrected chi connectivity index (χ1v) is 7.05. The van der Waals surface area contributed by atoms with E-state index in [9.17, 15) is 5.11 Å². The Kier molecular flexibility index (Phi) is 4.13. The summed E-state index contributed by atoms with van der Waals surface area (Å²) in [5.74, 6) is 1.39. The zero-order valence-electron chi connectivity index (χ0n) is 11.5. The molecule has 1 heterocycles. The second kappa shape index (κ2) is 5.45. The number of aliphatic hydroxyl groups excluding tert-OH is 1. The van der Waals surface area contributed by atoms with Crippen LogP contribution in [0.3, 0.4) is 0 Å². The van der Waals surface area contributed by atoms with Crippen LogP contribution in [0.1, 0.15) is 56.5 Å². The topological polar surface area (TPSA) is 59.4 Å². The van der Waals surface area contributed by atoms with E-state index in [-0.39, 0.29) is 5.41 Å². The van der Waals surface area contributed by atoms with Crippen LogP contribution in [-0.2, 0) is 0 Å². The Morgan fingerprint density at radius 1 is 1.61 bits per heavy atom. The standard InChI is InChI=1S/C15H25NO2/c1-3-12-5-4-7-15(9-12,10-16)14(17)13-11(2)6-8-18-13/h6,8,12,14,17H,3-5,7,9-10,16H2,1-2H3. The molecule has 0 spiro atoms. The summed E-state index contributed by atoms with van der Waals surface area (Å²) >= 11 is 0. The Morgan fingerprint density at radius 2 is 2.39 bits per heavy atom. The molecule has 1 aliphatic rings. The highest BCUT2D eigenvalue weighted by atomic mass is 16.4. The van der Waals surface area contributed by atoms with Gasteiger partial charge in [-0.15, -0.1) is 0 Å². The smallest absolute Gasteiger partial charge is 0.135 e. The molecular formula is C15H25NO2. The molecule has 18 heavy (non-hydrogen) atoms. The largest absolute Gasteiger partial charge is 0.466 e. The highest BCUT2D eigenvalue weighted by molar-refractivity contribution is 5.19. The van der Waals surface area contributed by atoms with Crippen molar-refractivity contribution < 1.29 is 9.52 Å². The summed E-state index contributed by atoms with van der Waals surface area (Å²) in [6.07, 6.45) is 6.70. The molecule has 3 atom stereocenters. The van der Waals surface area contributed by atoms with E-state index in [1.165, 1.54) is 12.8 Å². The quantitative estimate of drug-likeness (QED) is 0.864. The van der Waals surface area contributed by atoms with Gasteiger partial charge in [0.2, 0.25) is 0 Å². The average molecular weight is 251 g/mol. The maximum absolute atomic E-state index is 10.7. The first-order chi connectivity index (χ1) is 8.63. The maximum Gasteiger partial charge on any atom is 0.135 e. The van der Waals surface area contributed by atoms with Crippen LogP contribution in [-0.4, -0.2) is 11.7 Å². The molecule has 1 fully saturated rings. The van der Waals surface area contributed by atoms with Gasteiger partial charge in [0, 0.05) is 12.0 Å². The van der Waals surface area contributed by atoms with Gasteiger partial charge in [0.05, 0.1) is 6.26 Å². The summed E-state index contributed by atoms with van der Waals surface area (Å²) in [6, 6.07) is 1.91. The van der Waals surface area contributed by atoms with Crippen LogP contribution in [0.25, 0.3) is 0 Å². The minimum absolute atomic E-state index is 0.193. The lowest BCUT2D eigenvalue weighted by molar-refractivity contribution is -0.0288. The second-order valence-electron chi connectivity index (χ2n) is 5.81. The molecule has 1 aromatic heterocycles. The third-order valence-corrected chi connectivity index (χ3v) is 4.70. The molecule has 3 heteroatoms. The fourth-order valence-electron chi connectivity index (χ4n) is 3.36. The van der Waals surface area contributed by atoms with Crippen molar-refractivity contribution in [3.8, 4) is 0 Å². The predicted octanol–water partition coefficient (Wildman–Crippen LogP) is 3.17. The maximum atomic E-state index is 10.7. The van der Waals surface area contributed by atoms with Gasteiger partial charge in [0.15, 0.2) is 0 Å². The summed E-state index contributed by atoms with van der Waals surface area (Å²) in [5.41, 5.74) is 6.84. The molecule has 0 aliphatic heterocycles. The molecule has 1 saturated carbocycles.